The lowest BCUT2D eigenvalue weighted by atomic mass is 10.3. The molecule has 1 heterocycles. The Kier molecular flexibility index (Phi) is 2.70. The molecular formula is C9H14N4OS. The van der Waals surface area contributed by atoms with E-state index >= 15 is 0 Å². The molecule has 2 rings (SSSR count). The number of aliphatic hydroxyl groups excluding tert-OH is 1. The van der Waals surface area contributed by atoms with Crippen molar-refractivity contribution in [2.24, 2.45) is 0 Å². The monoisotopic (exact) mass is 226 g/mol. The van der Waals surface area contributed by atoms with Crippen molar-refractivity contribution >= 4 is 23.4 Å². The molecule has 6 heteroatoms. The van der Waals surface area contributed by atoms with E-state index in [4.69, 9.17) is 5.73 Å². The molecule has 0 spiro atoms. The first kappa shape index (κ1) is 10.5. The van der Waals surface area contributed by atoms with E-state index in [1.165, 1.54) is 11.8 Å². The molecule has 5 nitrogen and oxygen atoms in total. The third kappa shape index (κ3) is 2.32. The summed E-state index contributed by atoms with van der Waals surface area (Å²) in [6.07, 6.45) is 3.85. The molecule has 0 radical (unpaired) electrons. The largest absolute Gasteiger partial charge is 0.394 e. The summed E-state index contributed by atoms with van der Waals surface area (Å²) < 4.78 is 0. The van der Waals surface area contributed by atoms with E-state index in [2.05, 4.69) is 15.3 Å². The number of thioether (sulfide) groups is 1. The van der Waals surface area contributed by atoms with Crippen molar-refractivity contribution in [2.45, 2.75) is 23.5 Å². The molecule has 1 aliphatic carbocycles. The maximum Gasteiger partial charge on any atom is 0.191 e. The minimum atomic E-state index is -0.170. The number of hydrogen-bond donors (Lipinski definition) is 3. The molecule has 1 saturated carbocycles. The molecule has 82 valence electrons. The van der Waals surface area contributed by atoms with Crippen molar-refractivity contribution in [3.63, 3.8) is 0 Å². The second-order valence-corrected chi connectivity index (χ2v) is 4.50. The minimum absolute atomic E-state index is 0.130. The first-order chi connectivity index (χ1) is 7.17. The summed E-state index contributed by atoms with van der Waals surface area (Å²) in [5, 5.41) is 13.0. The second kappa shape index (κ2) is 3.86. The maximum absolute atomic E-state index is 9.17. The van der Waals surface area contributed by atoms with Crippen molar-refractivity contribution < 1.29 is 5.11 Å². The zero-order valence-electron chi connectivity index (χ0n) is 8.53. The smallest absolute Gasteiger partial charge is 0.191 e. The summed E-state index contributed by atoms with van der Waals surface area (Å²) in [6, 6.07) is 1.69. The second-order valence-electron chi connectivity index (χ2n) is 3.73. The number of nitrogen functional groups attached to an aromatic ring is 1. The average Bonchev–Trinajstić information content (AvgIpc) is 2.97. The van der Waals surface area contributed by atoms with Gasteiger partial charge in [-0.25, -0.2) is 9.97 Å². The predicted octanol–water partition coefficient (Wildman–Crippen LogP) is 0.718. The Hall–Kier alpha value is -1.01. The molecule has 1 aromatic rings. The fourth-order valence-electron chi connectivity index (χ4n) is 1.34. The molecule has 0 saturated heterocycles. The fourth-order valence-corrected chi connectivity index (χ4v) is 1.73. The highest BCUT2D eigenvalue weighted by Gasteiger charge is 2.42. The van der Waals surface area contributed by atoms with Gasteiger partial charge in [0.05, 0.1) is 12.1 Å². The van der Waals surface area contributed by atoms with Crippen LogP contribution < -0.4 is 11.1 Å². The molecule has 0 atom stereocenters. The van der Waals surface area contributed by atoms with Gasteiger partial charge in [0.2, 0.25) is 0 Å². The zero-order valence-corrected chi connectivity index (χ0v) is 9.34. The Bertz CT molecular complexity index is 367. The Morgan fingerprint density at radius 1 is 1.60 bits per heavy atom. The van der Waals surface area contributed by atoms with Crippen LogP contribution in [0.2, 0.25) is 0 Å². The first-order valence-corrected chi connectivity index (χ1v) is 5.97. The topological polar surface area (TPSA) is 84.1 Å². The molecule has 0 amide bonds. The third-order valence-corrected chi connectivity index (χ3v) is 3.01. The Morgan fingerprint density at radius 2 is 2.33 bits per heavy atom. The van der Waals surface area contributed by atoms with E-state index in [0.717, 1.165) is 12.8 Å². The van der Waals surface area contributed by atoms with Crippen LogP contribution in [0.5, 0.6) is 0 Å². The van der Waals surface area contributed by atoms with Crippen LogP contribution in [0.25, 0.3) is 0 Å². The van der Waals surface area contributed by atoms with E-state index < -0.39 is 0 Å². The number of aliphatic hydroxyl groups is 1. The van der Waals surface area contributed by atoms with Crippen LogP contribution in [0, 0.1) is 0 Å². The molecule has 0 bridgehead atoms. The quantitative estimate of drug-likeness (QED) is 0.518. The Labute approximate surface area is 92.5 Å². The van der Waals surface area contributed by atoms with Crippen molar-refractivity contribution in [2.75, 3.05) is 23.9 Å². The molecule has 0 aliphatic heterocycles. The van der Waals surface area contributed by atoms with Gasteiger partial charge in [-0.15, -0.1) is 0 Å². The number of anilines is 2. The highest BCUT2D eigenvalue weighted by molar-refractivity contribution is 7.98. The van der Waals surface area contributed by atoms with Gasteiger partial charge in [-0.3, -0.25) is 0 Å². The molecule has 1 aliphatic rings. The Balaban J connectivity index is 2.17. The first-order valence-electron chi connectivity index (χ1n) is 4.75. The average molecular weight is 226 g/mol. The number of nitrogens with two attached hydrogens (primary N) is 1. The number of aromatic nitrogens is 2. The lowest BCUT2D eigenvalue weighted by Gasteiger charge is -2.15. The van der Waals surface area contributed by atoms with Gasteiger partial charge >= 0.3 is 0 Å². The molecule has 0 aromatic carbocycles. The number of hydrogen-bond acceptors (Lipinski definition) is 6. The van der Waals surface area contributed by atoms with Gasteiger partial charge in [0.1, 0.15) is 11.6 Å². The van der Waals surface area contributed by atoms with Crippen molar-refractivity contribution in [3.8, 4) is 0 Å². The van der Waals surface area contributed by atoms with Crippen LogP contribution in [-0.4, -0.2) is 33.5 Å². The molecule has 1 aromatic heterocycles. The van der Waals surface area contributed by atoms with Gasteiger partial charge in [-0.05, 0) is 19.1 Å². The van der Waals surface area contributed by atoms with Gasteiger partial charge < -0.3 is 16.2 Å². The van der Waals surface area contributed by atoms with Crippen molar-refractivity contribution in [3.05, 3.63) is 6.07 Å². The molecule has 15 heavy (non-hydrogen) atoms. The number of rotatable bonds is 4. The van der Waals surface area contributed by atoms with Crippen LogP contribution in [0.3, 0.4) is 0 Å². The van der Waals surface area contributed by atoms with Crippen molar-refractivity contribution in [1.29, 1.82) is 0 Å². The summed E-state index contributed by atoms with van der Waals surface area (Å²) >= 11 is 1.45. The van der Waals surface area contributed by atoms with Gasteiger partial charge in [-0.2, -0.15) is 0 Å². The summed E-state index contributed by atoms with van der Waals surface area (Å²) in [6.45, 7) is 0.130. The van der Waals surface area contributed by atoms with E-state index in [-0.39, 0.29) is 12.1 Å². The highest BCUT2D eigenvalue weighted by Crippen LogP contribution is 2.38. The standard InChI is InChI=1S/C9H14N4OS/c1-15-8-11-6(10)4-7(12-8)13-9(5-14)2-3-9/h4,14H,2-3,5H2,1H3,(H3,10,11,12,13). The fraction of sp³-hybridized carbons (Fsp3) is 0.556. The van der Waals surface area contributed by atoms with E-state index in [9.17, 15) is 5.11 Å². The maximum atomic E-state index is 9.17. The van der Waals surface area contributed by atoms with Crippen LogP contribution in [0.15, 0.2) is 11.2 Å². The molecule has 0 unspecified atom stereocenters. The minimum Gasteiger partial charge on any atom is -0.394 e. The number of nitrogens with zero attached hydrogens (tertiary/aromatic N) is 2. The van der Waals surface area contributed by atoms with E-state index in [1.54, 1.807) is 6.07 Å². The van der Waals surface area contributed by atoms with Gasteiger partial charge in [0.25, 0.3) is 0 Å². The van der Waals surface area contributed by atoms with Crippen LogP contribution in [0.4, 0.5) is 11.6 Å². The van der Waals surface area contributed by atoms with Crippen molar-refractivity contribution in [1.82, 2.24) is 9.97 Å². The normalized spacial score (nSPS) is 17.5. The van der Waals surface area contributed by atoms with E-state index in [1.807, 2.05) is 6.26 Å². The summed E-state index contributed by atoms with van der Waals surface area (Å²) in [5.41, 5.74) is 5.48. The lowest BCUT2D eigenvalue weighted by molar-refractivity contribution is 0.266. The third-order valence-electron chi connectivity index (χ3n) is 2.46. The molecule has 4 N–H and O–H groups in total. The highest BCUT2D eigenvalue weighted by atomic mass is 32.2. The van der Waals surface area contributed by atoms with E-state index in [0.29, 0.717) is 16.8 Å². The van der Waals surface area contributed by atoms with Crippen LogP contribution in [0.1, 0.15) is 12.8 Å². The van der Waals surface area contributed by atoms with Crippen LogP contribution >= 0.6 is 11.8 Å². The predicted molar refractivity (Wildman–Crippen MR) is 60.9 cm³/mol. The molecule has 1 fully saturated rings. The lowest BCUT2D eigenvalue weighted by Crippen LogP contribution is -2.26. The summed E-state index contributed by atoms with van der Waals surface area (Å²) in [7, 11) is 0. The number of nitrogens with one attached hydrogen (secondary N) is 1. The van der Waals surface area contributed by atoms with Gasteiger partial charge in [0.15, 0.2) is 5.16 Å². The zero-order chi connectivity index (χ0) is 10.9. The van der Waals surface area contributed by atoms with Gasteiger partial charge in [-0.1, -0.05) is 11.8 Å². The summed E-state index contributed by atoms with van der Waals surface area (Å²) in [5.74, 6) is 1.14. The Morgan fingerprint density at radius 3 is 2.87 bits per heavy atom. The SMILES string of the molecule is CSc1nc(N)cc(NC2(CO)CC2)n1. The van der Waals surface area contributed by atoms with Gasteiger partial charge in [0, 0.05) is 6.07 Å². The van der Waals surface area contributed by atoms with Crippen LogP contribution in [-0.2, 0) is 0 Å². The molecular weight excluding hydrogens is 212 g/mol. The summed E-state index contributed by atoms with van der Waals surface area (Å²) in [4.78, 5) is 8.33.